The number of aryl methyl sites for hydroxylation is 1. The summed E-state index contributed by atoms with van der Waals surface area (Å²) in [6.45, 7) is 6.38. The highest BCUT2D eigenvalue weighted by atomic mass is 16.2. The van der Waals surface area contributed by atoms with Gasteiger partial charge in [0, 0.05) is 32.0 Å². The lowest BCUT2D eigenvalue weighted by molar-refractivity contribution is -0.132. The van der Waals surface area contributed by atoms with Crippen LogP contribution in [0.2, 0.25) is 0 Å². The number of rotatable bonds is 8. The molecule has 0 N–H and O–H groups in total. The van der Waals surface area contributed by atoms with Gasteiger partial charge in [-0.25, -0.2) is 0 Å². The van der Waals surface area contributed by atoms with Crippen LogP contribution in [0.4, 0.5) is 0 Å². The average molecular weight is 318 g/mol. The standard InChI is InChI=1S/C18H30N4O/c1-14(2)5-10-18(23)22-11-3-4-16(22)8-9-17-20-19-13-21(17)12-15-6-7-15/h13-16H,3-12H2,1-2H3. The lowest BCUT2D eigenvalue weighted by Crippen LogP contribution is -2.36. The van der Waals surface area contributed by atoms with Crippen LogP contribution in [0.15, 0.2) is 6.33 Å². The molecule has 1 saturated carbocycles. The van der Waals surface area contributed by atoms with E-state index in [1.165, 1.54) is 12.8 Å². The molecule has 2 heterocycles. The molecule has 5 nitrogen and oxygen atoms in total. The van der Waals surface area contributed by atoms with Crippen molar-refractivity contribution >= 4 is 5.91 Å². The first-order valence-corrected chi connectivity index (χ1v) is 9.29. The summed E-state index contributed by atoms with van der Waals surface area (Å²) < 4.78 is 2.22. The van der Waals surface area contributed by atoms with Gasteiger partial charge < -0.3 is 9.47 Å². The molecule has 1 aliphatic carbocycles. The summed E-state index contributed by atoms with van der Waals surface area (Å²) >= 11 is 0. The lowest BCUT2D eigenvalue weighted by Gasteiger charge is -2.25. The number of hydrogen-bond donors (Lipinski definition) is 0. The van der Waals surface area contributed by atoms with Crippen LogP contribution in [0.25, 0.3) is 0 Å². The Bertz CT molecular complexity index is 521. The molecule has 5 heteroatoms. The van der Waals surface area contributed by atoms with Crippen LogP contribution in [0.3, 0.4) is 0 Å². The summed E-state index contributed by atoms with van der Waals surface area (Å²) in [4.78, 5) is 14.6. The Labute approximate surface area is 139 Å². The van der Waals surface area contributed by atoms with Gasteiger partial charge in [0.1, 0.15) is 12.2 Å². The van der Waals surface area contributed by atoms with Gasteiger partial charge in [0.25, 0.3) is 0 Å². The van der Waals surface area contributed by atoms with E-state index in [1.54, 1.807) is 0 Å². The zero-order valence-corrected chi connectivity index (χ0v) is 14.6. The van der Waals surface area contributed by atoms with Crippen molar-refractivity contribution in [2.24, 2.45) is 11.8 Å². The van der Waals surface area contributed by atoms with Crippen LogP contribution in [-0.2, 0) is 17.8 Å². The Kier molecular flexibility index (Phi) is 5.34. The van der Waals surface area contributed by atoms with Gasteiger partial charge >= 0.3 is 0 Å². The third kappa shape index (κ3) is 4.55. The molecule has 1 aromatic heterocycles. The van der Waals surface area contributed by atoms with Gasteiger partial charge in [0.2, 0.25) is 5.91 Å². The Morgan fingerprint density at radius 2 is 2.17 bits per heavy atom. The quantitative estimate of drug-likeness (QED) is 0.740. The van der Waals surface area contributed by atoms with E-state index in [2.05, 4.69) is 33.5 Å². The molecule has 1 atom stereocenters. The van der Waals surface area contributed by atoms with E-state index in [-0.39, 0.29) is 0 Å². The maximum absolute atomic E-state index is 12.4. The van der Waals surface area contributed by atoms with Gasteiger partial charge in [-0.3, -0.25) is 4.79 Å². The van der Waals surface area contributed by atoms with Gasteiger partial charge in [-0.05, 0) is 50.4 Å². The summed E-state index contributed by atoms with van der Waals surface area (Å²) in [5.41, 5.74) is 0. The molecule has 23 heavy (non-hydrogen) atoms. The first-order chi connectivity index (χ1) is 11.1. The Balaban J connectivity index is 1.50. The van der Waals surface area contributed by atoms with Crippen LogP contribution in [-0.4, -0.2) is 38.2 Å². The van der Waals surface area contributed by atoms with E-state index >= 15 is 0 Å². The van der Waals surface area contributed by atoms with Crippen molar-refractivity contribution in [2.45, 2.75) is 77.8 Å². The predicted molar refractivity (Wildman–Crippen MR) is 89.9 cm³/mol. The molecule has 2 aliphatic rings. The van der Waals surface area contributed by atoms with Crippen molar-refractivity contribution in [1.29, 1.82) is 0 Å². The molecule has 0 bridgehead atoms. The second kappa shape index (κ2) is 7.45. The first kappa shape index (κ1) is 16.5. The van der Waals surface area contributed by atoms with Gasteiger partial charge in [-0.2, -0.15) is 0 Å². The Morgan fingerprint density at radius 1 is 1.35 bits per heavy atom. The summed E-state index contributed by atoms with van der Waals surface area (Å²) in [6.07, 6.45) is 10.5. The molecule has 1 aromatic rings. The van der Waals surface area contributed by atoms with Crippen molar-refractivity contribution < 1.29 is 4.79 Å². The predicted octanol–water partition coefficient (Wildman–Crippen LogP) is 3.05. The maximum Gasteiger partial charge on any atom is 0.222 e. The van der Waals surface area contributed by atoms with E-state index in [1.807, 2.05) is 6.33 Å². The maximum atomic E-state index is 12.4. The van der Waals surface area contributed by atoms with Crippen LogP contribution in [0.5, 0.6) is 0 Å². The summed E-state index contributed by atoms with van der Waals surface area (Å²) in [5, 5.41) is 8.38. The molecule has 0 radical (unpaired) electrons. The molecule has 1 amide bonds. The van der Waals surface area contributed by atoms with Crippen molar-refractivity contribution in [3.05, 3.63) is 12.2 Å². The number of aromatic nitrogens is 3. The third-order valence-electron chi connectivity index (χ3n) is 5.18. The monoisotopic (exact) mass is 318 g/mol. The lowest BCUT2D eigenvalue weighted by atomic mass is 10.1. The van der Waals surface area contributed by atoms with E-state index in [9.17, 15) is 4.79 Å². The number of nitrogens with zero attached hydrogens (tertiary/aromatic N) is 4. The molecular formula is C18H30N4O. The molecule has 1 unspecified atom stereocenters. The largest absolute Gasteiger partial charge is 0.340 e. The highest BCUT2D eigenvalue weighted by Crippen LogP contribution is 2.31. The highest BCUT2D eigenvalue weighted by molar-refractivity contribution is 5.76. The third-order valence-corrected chi connectivity index (χ3v) is 5.18. The van der Waals surface area contributed by atoms with E-state index in [4.69, 9.17) is 0 Å². The van der Waals surface area contributed by atoms with E-state index < -0.39 is 0 Å². The van der Waals surface area contributed by atoms with Crippen LogP contribution in [0, 0.1) is 11.8 Å². The molecule has 0 spiro atoms. The Hall–Kier alpha value is -1.39. The normalized spacial score (nSPS) is 21.3. The summed E-state index contributed by atoms with van der Waals surface area (Å²) in [5.74, 6) is 2.88. The number of carbonyl (C=O) groups is 1. The molecule has 1 aliphatic heterocycles. The molecular weight excluding hydrogens is 288 g/mol. The number of likely N-dealkylation sites (tertiary alicyclic amines) is 1. The Morgan fingerprint density at radius 3 is 2.91 bits per heavy atom. The zero-order chi connectivity index (χ0) is 16.2. The second-order valence-corrected chi connectivity index (χ2v) is 7.70. The summed E-state index contributed by atoms with van der Waals surface area (Å²) in [7, 11) is 0. The fourth-order valence-electron chi connectivity index (χ4n) is 3.52. The molecule has 3 rings (SSSR count). The molecule has 0 aromatic carbocycles. The van der Waals surface area contributed by atoms with Gasteiger partial charge in [0.05, 0.1) is 0 Å². The topological polar surface area (TPSA) is 51.0 Å². The van der Waals surface area contributed by atoms with E-state index in [0.717, 1.165) is 56.9 Å². The zero-order valence-electron chi connectivity index (χ0n) is 14.6. The van der Waals surface area contributed by atoms with Crippen LogP contribution >= 0.6 is 0 Å². The summed E-state index contributed by atoms with van der Waals surface area (Å²) in [6, 6.07) is 0.403. The van der Waals surface area contributed by atoms with Crippen LogP contribution in [0.1, 0.15) is 64.6 Å². The molecule has 1 saturated heterocycles. The van der Waals surface area contributed by atoms with Gasteiger partial charge in [-0.15, -0.1) is 10.2 Å². The number of carbonyl (C=O) groups excluding carboxylic acids is 1. The average Bonchev–Trinajstić information content (AvgIpc) is 3.03. The first-order valence-electron chi connectivity index (χ1n) is 9.29. The number of hydrogen-bond acceptors (Lipinski definition) is 3. The van der Waals surface area contributed by atoms with Crippen molar-refractivity contribution in [1.82, 2.24) is 19.7 Å². The number of amides is 1. The SMILES string of the molecule is CC(C)CCC(=O)N1CCCC1CCc1nncn1CC1CC1. The molecule has 2 fully saturated rings. The fraction of sp³-hybridized carbons (Fsp3) is 0.833. The smallest absolute Gasteiger partial charge is 0.222 e. The van der Waals surface area contributed by atoms with Crippen molar-refractivity contribution in [2.75, 3.05) is 6.54 Å². The second-order valence-electron chi connectivity index (χ2n) is 7.70. The van der Waals surface area contributed by atoms with Gasteiger partial charge in [-0.1, -0.05) is 13.8 Å². The fourth-order valence-corrected chi connectivity index (χ4v) is 3.52. The minimum Gasteiger partial charge on any atom is -0.340 e. The van der Waals surface area contributed by atoms with E-state index in [0.29, 0.717) is 24.3 Å². The van der Waals surface area contributed by atoms with Crippen LogP contribution < -0.4 is 0 Å². The minimum atomic E-state index is 0.348. The highest BCUT2D eigenvalue weighted by Gasteiger charge is 2.29. The van der Waals surface area contributed by atoms with Gasteiger partial charge in [0.15, 0.2) is 0 Å². The minimum absolute atomic E-state index is 0.348. The van der Waals surface area contributed by atoms with Crippen molar-refractivity contribution in [3.63, 3.8) is 0 Å². The van der Waals surface area contributed by atoms with Crippen molar-refractivity contribution in [3.8, 4) is 0 Å². The molecule has 128 valence electrons.